The van der Waals surface area contributed by atoms with Crippen molar-refractivity contribution in [2.45, 2.75) is 19.8 Å². The third-order valence-electron chi connectivity index (χ3n) is 2.32. The second-order valence-electron chi connectivity index (χ2n) is 3.38. The van der Waals surface area contributed by atoms with Gasteiger partial charge in [0, 0.05) is 0 Å². The molecule has 1 rings (SSSR count). The number of aliphatic carboxylic acids is 1. The monoisotopic (exact) mass is 214 g/mol. The van der Waals surface area contributed by atoms with Crippen LogP contribution in [-0.4, -0.2) is 11.1 Å². The average Bonchev–Trinajstić information content (AvgIpc) is 2.18. The predicted octanol–water partition coefficient (Wildman–Crippen LogP) is 2.62. The van der Waals surface area contributed by atoms with Crippen LogP contribution in [0.25, 0.3) is 0 Å². The Hall–Kier alpha value is -1.45. The van der Waals surface area contributed by atoms with Crippen LogP contribution in [0, 0.1) is 17.6 Å². The van der Waals surface area contributed by atoms with Crippen LogP contribution in [0.2, 0.25) is 0 Å². The van der Waals surface area contributed by atoms with Gasteiger partial charge in [0.05, 0.1) is 5.92 Å². The van der Waals surface area contributed by atoms with Crippen molar-refractivity contribution in [2.24, 2.45) is 5.92 Å². The maximum Gasteiger partial charge on any atom is 0.306 e. The Bertz CT molecular complexity index is 364. The molecule has 0 fully saturated rings. The van der Waals surface area contributed by atoms with E-state index in [0.717, 1.165) is 18.2 Å². The first-order chi connectivity index (χ1) is 7.04. The molecule has 1 aromatic rings. The number of carboxylic acid groups (broad SMARTS) is 1. The van der Waals surface area contributed by atoms with Gasteiger partial charge < -0.3 is 5.11 Å². The number of rotatable bonds is 4. The summed E-state index contributed by atoms with van der Waals surface area (Å²) in [6.07, 6.45) is 0.417. The van der Waals surface area contributed by atoms with Crippen LogP contribution >= 0.6 is 0 Å². The fourth-order valence-electron chi connectivity index (χ4n) is 1.37. The Kier molecular flexibility index (Phi) is 3.77. The first kappa shape index (κ1) is 11.6. The molecule has 0 radical (unpaired) electrons. The molecule has 0 saturated heterocycles. The lowest BCUT2D eigenvalue weighted by Gasteiger charge is -2.10. The van der Waals surface area contributed by atoms with E-state index < -0.39 is 23.5 Å². The third kappa shape index (κ3) is 3.01. The second kappa shape index (κ2) is 4.87. The molecule has 4 heteroatoms. The maximum absolute atomic E-state index is 13.2. The molecule has 1 N–H and O–H groups in total. The highest BCUT2D eigenvalue weighted by molar-refractivity contribution is 5.70. The first-order valence-corrected chi connectivity index (χ1v) is 4.71. The fraction of sp³-hybridized carbons (Fsp3) is 0.364. The molecule has 0 aliphatic heterocycles. The maximum atomic E-state index is 13.2. The van der Waals surface area contributed by atoms with Crippen molar-refractivity contribution in [2.75, 3.05) is 0 Å². The summed E-state index contributed by atoms with van der Waals surface area (Å²) in [5.74, 6) is -2.76. The third-order valence-corrected chi connectivity index (χ3v) is 2.32. The highest BCUT2D eigenvalue weighted by Gasteiger charge is 2.17. The van der Waals surface area contributed by atoms with Crippen LogP contribution in [0.3, 0.4) is 0 Å². The van der Waals surface area contributed by atoms with Crippen molar-refractivity contribution in [3.05, 3.63) is 35.4 Å². The summed E-state index contributed by atoms with van der Waals surface area (Å²) < 4.78 is 26.0. The van der Waals surface area contributed by atoms with E-state index in [4.69, 9.17) is 5.11 Å². The van der Waals surface area contributed by atoms with Gasteiger partial charge in [0.1, 0.15) is 11.6 Å². The number of benzene rings is 1. The van der Waals surface area contributed by atoms with Crippen LogP contribution in [0.4, 0.5) is 8.78 Å². The Labute approximate surface area is 86.5 Å². The van der Waals surface area contributed by atoms with Gasteiger partial charge in [-0.1, -0.05) is 6.92 Å². The van der Waals surface area contributed by atoms with Gasteiger partial charge in [-0.3, -0.25) is 4.79 Å². The Balaban J connectivity index is 2.87. The molecule has 0 aromatic heterocycles. The number of hydrogen-bond donors (Lipinski definition) is 1. The largest absolute Gasteiger partial charge is 0.481 e. The van der Waals surface area contributed by atoms with Crippen molar-refractivity contribution in [1.29, 1.82) is 0 Å². The summed E-state index contributed by atoms with van der Waals surface area (Å²) in [5.41, 5.74) is 0.115. The van der Waals surface area contributed by atoms with Crippen molar-refractivity contribution in [3.8, 4) is 0 Å². The SMILES string of the molecule is CC[C@@H](Cc1cc(F)ccc1F)C(=O)O. The minimum absolute atomic E-state index is 0.0232. The molecular formula is C11H12F2O2. The normalized spacial score (nSPS) is 12.5. The van der Waals surface area contributed by atoms with Gasteiger partial charge in [-0.05, 0) is 36.6 Å². The topological polar surface area (TPSA) is 37.3 Å². The predicted molar refractivity (Wildman–Crippen MR) is 51.5 cm³/mol. The van der Waals surface area contributed by atoms with Crippen molar-refractivity contribution >= 4 is 5.97 Å². The van der Waals surface area contributed by atoms with E-state index >= 15 is 0 Å². The summed E-state index contributed by atoms with van der Waals surface area (Å²) in [4.78, 5) is 10.7. The van der Waals surface area contributed by atoms with Crippen LogP contribution in [0.1, 0.15) is 18.9 Å². The van der Waals surface area contributed by atoms with Crippen LogP contribution in [0.5, 0.6) is 0 Å². The smallest absolute Gasteiger partial charge is 0.306 e. The molecule has 0 saturated carbocycles. The van der Waals surface area contributed by atoms with Gasteiger partial charge in [0.15, 0.2) is 0 Å². The molecule has 0 aliphatic rings. The molecule has 0 aliphatic carbocycles. The molecule has 2 nitrogen and oxygen atoms in total. The van der Waals surface area contributed by atoms with E-state index in [1.54, 1.807) is 6.92 Å². The number of hydrogen-bond acceptors (Lipinski definition) is 1. The summed E-state index contributed by atoms with van der Waals surface area (Å²) in [5, 5.41) is 8.78. The molecule has 1 atom stereocenters. The molecule has 0 spiro atoms. The number of carboxylic acids is 1. The van der Waals surface area contributed by atoms with E-state index in [1.807, 2.05) is 0 Å². The van der Waals surface area contributed by atoms with E-state index in [2.05, 4.69) is 0 Å². The fourth-order valence-corrected chi connectivity index (χ4v) is 1.37. The van der Waals surface area contributed by atoms with Gasteiger partial charge in [-0.15, -0.1) is 0 Å². The molecule has 0 heterocycles. The molecule has 0 unspecified atom stereocenters. The minimum Gasteiger partial charge on any atom is -0.481 e. The standard InChI is InChI=1S/C11H12F2O2/c1-2-7(11(14)15)5-8-6-9(12)3-4-10(8)13/h3-4,6-7H,2,5H2,1H3,(H,14,15)/t7-/m0/s1. The molecule has 15 heavy (non-hydrogen) atoms. The van der Waals surface area contributed by atoms with Gasteiger partial charge in [-0.25, -0.2) is 8.78 Å². The lowest BCUT2D eigenvalue weighted by atomic mass is 9.97. The van der Waals surface area contributed by atoms with E-state index in [1.165, 1.54) is 0 Å². The van der Waals surface area contributed by atoms with E-state index in [9.17, 15) is 13.6 Å². The molecule has 0 amide bonds. The van der Waals surface area contributed by atoms with E-state index in [-0.39, 0.29) is 12.0 Å². The number of carbonyl (C=O) groups is 1. The van der Waals surface area contributed by atoms with E-state index in [0.29, 0.717) is 6.42 Å². The lowest BCUT2D eigenvalue weighted by molar-refractivity contribution is -0.141. The molecular weight excluding hydrogens is 202 g/mol. The summed E-state index contributed by atoms with van der Waals surface area (Å²) in [6, 6.07) is 3.07. The van der Waals surface area contributed by atoms with Crippen LogP contribution < -0.4 is 0 Å². The summed E-state index contributed by atoms with van der Waals surface area (Å²) >= 11 is 0. The van der Waals surface area contributed by atoms with Gasteiger partial charge in [-0.2, -0.15) is 0 Å². The molecule has 0 bridgehead atoms. The Morgan fingerprint density at radius 1 is 1.47 bits per heavy atom. The quantitative estimate of drug-likeness (QED) is 0.836. The number of halogens is 2. The lowest BCUT2D eigenvalue weighted by Crippen LogP contribution is -2.16. The van der Waals surface area contributed by atoms with Gasteiger partial charge in [0.2, 0.25) is 0 Å². The Morgan fingerprint density at radius 2 is 2.13 bits per heavy atom. The van der Waals surface area contributed by atoms with Crippen molar-refractivity contribution < 1.29 is 18.7 Å². The zero-order chi connectivity index (χ0) is 11.4. The second-order valence-corrected chi connectivity index (χ2v) is 3.38. The van der Waals surface area contributed by atoms with Gasteiger partial charge in [0.25, 0.3) is 0 Å². The summed E-state index contributed by atoms with van der Waals surface area (Å²) in [7, 11) is 0. The zero-order valence-corrected chi connectivity index (χ0v) is 8.34. The van der Waals surface area contributed by atoms with Crippen molar-refractivity contribution in [1.82, 2.24) is 0 Å². The zero-order valence-electron chi connectivity index (χ0n) is 8.34. The van der Waals surface area contributed by atoms with Gasteiger partial charge >= 0.3 is 5.97 Å². The Morgan fingerprint density at radius 3 is 2.67 bits per heavy atom. The van der Waals surface area contributed by atoms with Crippen LogP contribution in [0.15, 0.2) is 18.2 Å². The first-order valence-electron chi connectivity index (χ1n) is 4.71. The highest BCUT2D eigenvalue weighted by atomic mass is 19.1. The van der Waals surface area contributed by atoms with Crippen molar-refractivity contribution in [3.63, 3.8) is 0 Å². The average molecular weight is 214 g/mol. The molecule has 1 aromatic carbocycles. The summed E-state index contributed by atoms with van der Waals surface area (Å²) in [6.45, 7) is 1.70. The van der Waals surface area contributed by atoms with Crippen LogP contribution in [-0.2, 0) is 11.2 Å². The molecule has 82 valence electrons. The highest BCUT2D eigenvalue weighted by Crippen LogP contribution is 2.16. The minimum atomic E-state index is -0.985.